The van der Waals surface area contributed by atoms with Crippen LogP contribution in [0.5, 0.6) is 5.75 Å². The fourth-order valence-electron chi connectivity index (χ4n) is 3.48. The molecule has 1 aliphatic heterocycles. The molecule has 1 fully saturated rings. The summed E-state index contributed by atoms with van der Waals surface area (Å²) in [5, 5.41) is 5.70. The highest BCUT2D eigenvalue weighted by atomic mass is 79.9. The van der Waals surface area contributed by atoms with Crippen LogP contribution in [0.25, 0.3) is 0 Å². The molecule has 7 heteroatoms. The van der Waals surface area contributed by atoms with E-state index in [-0.39, 0.29) is 24.4 Å². The first kappa shape index (κ1) is 21.3. The van der Waals surface area contributed by atoms with Crippen molar-refractivity contribution >= 4 is 27.7 Å². The van der Waals surface area contributed by atoms with Gasteiger partial charge < -0.3 is 15.4 Å². The summed E-state index contributed by atoms with van der Waals surface area (Å²) in [6.45, 7) is 2.64. The van der Waals surface area contributed by atoms with E-state index < -0.39 is 0 Å². The molecule has 2 aromatic rings. The van der Waals surface area contributed by atoms with Gasteiger partial charge in [0.15, 0.2) is 0 Å². The SMILES string of the molecule is COc1ccccc1CN1CCC(NC(=O)CNC(=O)c2cccc(Br)c2)CC1. The Bertz CT molecular complexity index is 851. The van der Waals surface area contributed by atoms with Crippen molar-refractivity contribution in [3.63, 3.8) is 0 Å². The van der Waals surface area contributed by atoms with Crippen molar-refractivity contribution in [3.8, 4) is 5.75 Å². The third-order valence-electron chi connectivity index (χ3n) is 5.04. The van der Waals surface area contributed by atoms with Crippen LogP contribution in [0.3, 0.4) is 0 Å². The van der Waals surface area contributed by atoms with Gasteiger partial charge in [0.05, 0.1) is 13.7 Å². The summed E-state index contributed by atoms with van der Waals surface area (Å²) >= 11 is 3.34. The van der Waals surface area contributed by atoms with E-state index in [1.54, 1.807) is 25.3 Å². The van der Waals surface area contributed by atoms with Crippen molar-refractivity contribution in [3.05, 3.63) is 64.1 Å². The molecule has 1 aliphatic rings. The van der Waals surface area contributed by atoms with Crippen LogP contribution in [-0.2, 0) is 11.3 Å². The van der Waals surface area contributed by atoms with E-state index in [4.69, 9.17) is 4.74 Å². The van der Waals surface area contributed by atoms with Gasteiger partial charge in [-0.15, -0.1) is 0 Å². The number of hydrogen-bond donors (Lipinski definition) is 2. The van der Waals surface area contributed by atoms with Gasteiger partial charge in [-0.2, -0.15) is 0 Å². The highest BCUT2D eigenvalue weighted by Crippen LogP contribution is 2.21. The van der Waals surface area contributed by atoms with E-state index in [0.29, 0.717) is 5.56 Å². The molecule has 1 heterocycles. The lowest BCUT2D eigenvalue weighted by molar-refractivity contribution is -0.121. The molecule has 2 amide bonds. The molecule has 0 unspecified atom stereocenters. The van der Waals surface area contributed by atoms with Gasteiger partial charge in [-0.05, 0) is 37.1 Å². The van der Waals surface area contributed by atoms with Crippen LogP contribution in [0, 0.1) is 0 Å². The predicted molar refractivity (Wildman–Crippen MR) is 116 cm³/mol. The van der Waals surface area contributed by atoms with Crippen molar-refractivity contribution in [2.45, 2.75) is 25.4 Å². The third kappa shape index (κ3) is 6.30. The largest absolute Gasteiger partial charge is 0.496 e. The molecule has 0 bridgehead atoms. The minimum absolute atomic E-state index is 0.0211. The second-order valence-corrected chi connectivity index (χ2v) is 8.04. The normalized spacial score (nSPS) is 15.0. The molecule has 0 aliphatic carbocycles. The number of nitrogens with one attached hydrogen (secondary N) is 2. The Morgan fingerprint density at radius 2 is 1.90 bits per heavy atom. The van der Waals surface area contributed by atoms with E-state index in [0.717, 1.165) is 42.7 Å². The molecule has 3 rings (SSSR count). The summed E-state index contributed by atoms with van der Waals surface area (Å²) in [6.07, 6.45) is 1.78. The fraction of sp³-hybridized carbons (Fsp3) is 0.364. The Kier molecular flexibility index (Phi) is 7.66. The van der Waals surface area contributed by atoms with Crippen molar-refractivity contribution < 1.29 is 14.3 Å². The van der Waals surface area contributed by atoms with Gasteiger partial charge in [0.25, 0.3) is 5.91 Å². The smallest absolute Gasteiger partial charge is 0.251 e. The van der Waals surface area contributed by atoms with E-state index in [2.05, 4.69) is 37.5 Å². The molecule has 1 saturated heterocycles. The highest BCUT2D eigenvalue weighted by Gasteiger charge is 2.21. The van der Waals surface area contributed by atoms with E-state index in [1.165, 1.54) is 5.56 Å². The molecular formula is C22H26BrN3O3. The Balaban J connectivity index is 1.40. The average molecular weight is 460 g/mol. The summed E-state index contributed by atoms with van der Waals surface area (Å²) in [5.41, 5.74) is 1.70. The van der Waals surface area contributed by atoms with Gasteiger partial charge in [0.1, 0.15) is 5.75 Å². The van der Waals surface area contributed by atoms with Crippen LogP contribution in [0.15, 0.2) is 53.0 Å². The fourth-order valence-corrected chi connectivity index (χ4v) is 3.88. The van der Waals surface area contributed by atoms with Crippen LogP contribution < -0.4 is 15.4 Å². The van der Waals surface area contributed by atoms with Crippen LogP contribution in [0.4, 0.5) is 0 Å². The van der Waals surface area contributed by atoms with Crippen molar-refractivity contribution in [1.82, 2.24) is 15.5 Å². The lowest BCUT2D eigenvalue weighted by Gasteiger charge is -2.32. The minimum atomic E-state index is -0.256. The van der Waals surface area contributed by atoms with Crippen LogP contribution >= 0.6 is 15.9 Å². The summed E-state index contributed by atoms with van der Waals surface area (Å²) in [6, 6.07) is 15.3. The summed E-state index contributed by atoms with van der Waals surface area (Å²) in [4.78, 5) is 26.7. The quantitative estimate of drug-likeness (QED) is 0.667. The zero-order chi connectivity index (χ0) is 20.6. The zero-order valence-electron chi connectivity index (χ0n) is 16.5. The van der Waals surface area contributed by atoms with Crippen molar-refractivity contribution in [1.29, 1.82) is 0 Å². The molecule has 0 spiro atoms. The number of piperidine rings is 1. The number of rotatable bonds is 7. The molecule has 2 N–H and O–H groups in total. The molecule has 0 radical (unpaired) electrons. The van der Waals surface area contributed by atoms with Gasteiger partial charge in [-0.3, -0.25) is 14.5 Å². The van der Waals surface area contributed by atoms with Gasteiger partial charge in [0.2, 0.25) is 5.91 Å². The standard InChI is InChI=1S/C22H26BrN3O3/c1-29-20-8-3-2-5-17(20)15-26-11-9-19(10-12-26)25-21(27)14-24-22(28)16-6-4-7-18(23)13-16/h2-8,13,19H,9-12,14-15H2,1H3,(H,24,28)(H,25,27). The number of amides is 2. The average Bonchev–Trinajstić information content (AvgIpc) is 2.74. The Morgan fingerprint density at radius 1 is 1.14 bits per heavy atom. The van der Waals surface area contributed by atoms with Gasteiger partial charge in [0, 0.05) is 41.3 Å². The lowest BCUT2D eigenvalue weighted by atomic mass is 10.0. The Hall–Kier alpha value is -2.38. The van der Waals surface area contributed by atoms with Crippen LogP contribution in [0.1, 0.15) is 28.8 Å². The number of nitrogens with zero attached hydrogens (tertiary/aromatic N) is 1. The Morgan fingerprint density at radius 3 is 2.62 bits per heavy atom. The number of benzene rings is 2. The molecule has 2 aromatic carbocycles. The zero-order valence-corrected chi connectivity index (χ0v) is 18.1. The number of hydrogen-bond acceptors (Lipinski definition) is 4. The minimum Gasteiger partial charge on any atom is -0.496 e. The number of carbonyl (C=O) groups is 2. The monoisotopic (exact) mass is 459 g/mol. The van der Waals surface area contributed by atoms with Crippen LogP contribution in [-0.4, -0.2) is 49.5 Å². The van der Waals surface area contributed by atoms with Gasteiger partial charge in [-0.1, -0.05) is 40.2 Å². The number of methoxy groups -OCH3 is 1. The number of likely N-dealkylation sites (tertiary alicyclic amines) is 1. The summed E-state index contributed by atoms with van der Waals surface area (Å²) < 4.78 is 6.25. The number of ether oxygens (including phenoxy) is 1. The summed E-state index contributed by atoms with van der Waals surface area (Å²) in [7, 11) is 1.69. The molecule has 0 aromatic heterocycles. The number of halogens is 1. The molecule has 0 atom stereocenters. The second-order valence-electron chi connectivity index (χ2n) is 7.12. The highest BCUT2D eigenvalue weighted by molar-refractivity contribution is 9.10. The second kappa shape index (κ2) is 10.4. The molecule has 154 valence electrons. The van der Waals surface area contributed by atoms with Crippen LogP contribution in [0.2, 0.25) is 0 Å². The maximum absolute atomic E-state index is 12.2. The summed E-state index contributed by atoms with van der Waals surface area (Å²) in [5.74, 6) is 0.494. The number of carbonyl (C=O) groups excluding carboxylic acids is 2. The van der Waals surface area contributed by atoms with Crippen molar-refractivity contribution in [2.75, 3.05) is 26.7 Å². The first-order chi connectivity index (χ1) is 14.0. The van der Waals surface area contributed by atoms with Gasteiger partial charge in [-0.25, -0.2) is 0 Å². The van der Waals surface area contributed by atoms with E-state index >= 15 is 0 Å². The maximum atomic E-state index is 12.2. The topological polar surface area (TPSA) is 70.7 Å². The van der Waals surface area contributed by atoms with E-state index in [9.17, 15) is 9.59 Å². The first-order valence-electron chi connectivity index (χ1n) is 9.72. The van der Waals surface area contributed by atoms with E-state index in [1.807, 2.05) is 24.3 Å². The maximum Gasteiger partial charge on any atom is 0.251 e. The first-order valence-corrected chi connectivity index (χ1v) is 10.5. The molecule has 6 nitrogen and oxygen atoms in total. The van der Waals surface area contributed by atoms with Gasteiger partial charge >= 0.3 is 0 Å². The predicted octanol–water partition coefficient (Wildman–Crippen LogP) is 2.97. The van der Waals surface area contributed by atoms with Crippen molar-refractivity contribution in [2.24, 2.45) is 0 Å². The Labute approximate surface area is 179 Å². The number of para-hydroxylation sites is 1. The molecular weight excluding hydrogens is 434 g/mol. The lowest BCUT2D eigenvalue weighted by Crippen LogP contribution is -2.47. The molecule has 0 saturated carbocycles. The third-order valence-corrected chi connectivity index (χ3v) is 5.53. The molecule has 29 heavy (non-hydrogen) atoms.